The molecular formula is C13H17N3O. The second kappa shape index (κ2) is 4.91. The Kier molecular flexibility index (Phi) is 3.32. The van der Waals surface area contributed by atoms with Gasteiger partial charge in [-0.2, -0.15) is 0 Å². The highest BCUT2D eigenvalue weighted by Crippen LogP contribution is 2.20. The lowest BCUT2D eigenvalue weighted by Gasteiger charge is -2.08. The van der Waals surface area contributed by atoms with Crippen LogP contribution in [-0.2, 0) is 13.0 Å². The molecule has 17 heavy (non-hydrogen) atoms. The van der Waals surface area contributed by atoms with Gasteiger partial charge in [-0.15, -0.1) is 0 Å². The maximum atomic E-state index is 5.87. The summed E-state index contributed by atoms with van der Waals surface area (Å²) in [7, 11) is 0. The van der Waals surface area contributed by atoms with E-state index in [1.165, 1.54) is 5.56 Å². The van der Waals surface area contributed by atoms with Gasteiger partial charge in [0.2, 0.25) is 5.89 Å². The van der Waals surface area contributed by atoms with E-state index in [0.717, 1.165) is 23.6 Å². The van der Waals surface area contributed by atoms with Crippen LogP contribution >= 0.6 is 0 Å². The van der Waals surface area contributed by atoms with Crippen LogP contribution in [0.5, 0.6) is 0 Å². The third kappa shape index (κ3) is 2.78. The van der Waals surface area contributed by atoms with Gasteiger partial charge in [-0.25, -0.2) is 4.98 Å². The SMILES string of the molecule is CCc1cnc(CNc2cc(C)ccc2N)o1. The molecular weight excluding hydrogens is 214 g/mol. The number of nitrogens with one attached hydrogen (secondary N) is 1. The van der Waals surface area contributed by atoms with Crippen molar-refractivity contribution < 1.29 is 4.42 Å². The average molecular weight is 231 g/mol. The first-order valence-electron chi connectivity index (χ1n) is 5.72. The topological polar surface area (TPSA) is 64.1 Å². The Labute approximate surface area is 101 Å². The number of rotatable bonds is 4. The van der Waals surface area contributed by atoms with E-state index in [9.17, 15) is 0 Å². The van der Waals surface area contributed by atoms with Gasteiger partial charge in [-0.05, 0) is 24.6 Å². The molecule has 0 aliphatic heterocycles. The predicted octanol–water partition coefficient (Wildman–Crippen LogP) is 2.74. The molecule has 2 rings (SSSR count). The van der Waals surface area contributed by atoms with Crippen LogP contribution in [0.25, 0.3) is 0 Å². The van der Waals surface area contributed by atoms with Crippen LogP contribution in [0.2, 0.25) is 0 Å². The zero-order valence-electron chi connectivity index (χ0n) is 10.2. The number of oxazole rings is 1. The van der Waals surface area contributed by atoms with Crippen LogP contribution in [0.3, 0.4) is 0 Å². The fourth-order valence-corrected chi connectivity index (χ4v) is 1.59. The molecule has 0 aliphatic rings. The van der Waals surface area contributed by atoms with Crippen LogP contribution < -0.4 is 11.1 Å². The Balaban J connectivity index is 2.04. The van der Waals surface area contributed by atoms with Crippen LogP contribution in [0.1, 0.15) is 24.1 Å². The fourth-order valence-electron chi connectivity index (χ4n) is 1.59. The Morgan fingerprint density at radius 2 is 2.24 bits per heavy atom. The molecule has 0 atom stereocenters. The van der Waals surface area contributed by atoms with Crippen molar-refractivity contribution in [1.82, 2.24) is 4.98 Å². The maximum Gasteiger partial charge on any atom is 0.213 e. The first kappa shape index (κ1) is 11.5. The van der Waals surface area contributed by atoms with Crippen LogP contribution in [0.15, 0.2) is 28.8 Å². The summed E-state index contributed by atoms with van der Waals surface area (Å²) in [5, 5.41) is 3.23. The lowest BCUT2D eigenvalue weighted by atomic mass is 10.2. The number of hydrogen-bond acceptors (Lipinski definition) is 4. The largest absolute Gasteiger partial charge is 0.444 e. The number of hydrogen-bond donors (Lipinski definition) is 2. The molecule has 0 saturated heterocycles. The van der Waals surface area contributed by atoms with Crippen molar-refractivity contribution in [2.24, 2.45) is 0 Å². The smallest absolute Gasteiger partial charge is 0.213 e. The number of nitrogens with zero attached hydrogens (tertiary/aromatic N) is 1. The molecule has 0 unspecified atom stereocenters. The molecule has 4 heteroatoms. The monoisotopic (exact) mass is 231 g/mol. The summed E-state index contributed by atoms with van der Waals surface area (Å²) in [6, 6.07) is 5.89. The molecule has 1 aromatic carbocycles. The van der Waals surface area contributed by atoms with E-state index in [1.54, 1.807) is 6.20 Å². The lowest BCUT2D eigenvalue weighted by Crippen LogP contribution is -2.02. The first-order chi connectivity index (χ1) is 8.19. The van der Waals surface area contributed by atoms with Gasteiger partial charge >= 0.3 is 0 Å². The van der Waals surface area contributed by atoms with Gasteiger partial charge in [0.15, 0.2) is 0 Å². The highest BCUT2D eigenvalue weighted by molar-refractivity contribution is 5.66. The third-order valence-corrected chi connectivity index (χ3v) is 2.59. The zero-order valence-corrected chi connectivity index (χ0v) is 10.2. The molecule has 4 nitrogen and oxygen atoms in total. The minimum absolute atomic E-state index is 0.549. The second-order valence-electron chi connectivity index (χ2n) is 4.02. The van der Waals surface area contributed by atoms with Crippen molar-refractivity contribution in [2.75, 3.05) is 11.1 Å². The summed E-state index contributed by atoms with van der Waals surface area (Å²) in [4.78, 5) is 4.18. The van der Waals surface area contributed by atoms with Crippen molar-refractivity contribution in [1.29, 1.82) is 0 Å². The Hall–Kier alpha value is -1.97. The summed E-state index contributed by atoms with van der Waals surface area (Å²) in [5.74, 6) is 1.58. The molecule has 0 radical (unpaired) electrons. The fraction of sp³-hybridized carbons (Fsp3) is 0.308. The minimum Gasteiger partial charge on any atom is -0.444 e. The third-order valence-electron chi connectivity index (χ3n) is 2.59. The van der Waals surface area contributed by atoms with Gasteiger partial charge in [0.25, 0.3) is 0 Å². The second-order valence-corrected chi connectivity index (χ2v) is 4.02. The van der Waals surface area contributed by atoms with Crippen molar-refractivity contribution in [2.45, 2.75) is 26.8 Å². The molecule has 0 spiro atoms. The molecule has 0 amide bonds. The van der Waals surface area contributed by atoms with E-state index < -0.39 is 0 Å². The Morgan fingerprint density at radius 1 is 1.41 bits per heavy atom. The number of aromatic nitrogens is 1. The number of benzene rings is 1. The summed E-state index contributed by atoms with van der Waals surface area (Å²) < 4.78 is 5.51. The van der Waals surface area contributed by atoms with Crippen LogP contribution in [0.4, 0.5) is 11.4 Å². The normalized spacial score (nSPS) is 10.5. The van der Waals surface area contributed by atoms with Gasteiger partial charge in [0, 0.05) is 6.42 Å². The Morgan fingerprint density at radius 3 is 2.94 bits per heavy atom. The molecule has 1 aromatic heterocycles. The molecule has 90 valence electrons. The predicted molar refractivity (Wildman–Crippen MR) is 68.8 cm³/mol. The quantitative estimate of drug-likeness (QED) is 0.794. The van der Waals surface area contributed by atoms with Crippen molar-refractivity contribution in [3.05, 3.63) is 41.6 Å². The summed E-state index contributed by atoms with van der Waals surface area (Å²) in [6.45, 7) is 4.62. The first-order valence-corrected chi connectivity index (χ1v) is 5.72. The van der Waals surface area contributed by atoms with E-state index in [1.807, 2.05) is 32.0 Å². The van der Waals surface area contributed by atoms with E-state index >= 15 is 0 Å². The molecule has 3 N–H and O–H groups in total. The summed E-state index contributed by atoms with van der Waals surface area (Å²) >= 11 is 0. The van der Waals surface area contributed by atoms with Gasteiger partial charge in [-0.1, -0.05) is 13.0 Å². The summed E-state index contributed by atoms with van der Waals surface area (Å²) in [6.07, 6.45) is 2.62. The van der Waals surface area contributed by atoms with E-state index in [4.69, 9.17) is 10.2 Å². The van der Waals surface area contributed by atoms with Crippen molar-refractivity contribution in [3.8, 4) is 0 Å². The number of nitrogens with two attached hydrogens (primary N) is 1. The van der Waals surface area contributed by atoms with Gasteiger partial charge in [0.05, 0.1) is 24.1 Å². The Bertz CT molecular complexity index is 505. The maximum absolute atomic E-state index is 5.87. The summed E-state index contributed by atoms with van der Waals surface area (Å²) in [5.41, 5.74) is 8.69. The van der Waals surface area contributed by atoms with E-state index in [-0.39, 0.29) is 0 Å². The highest BCUT2D eigenvalue weighted by Gasteiger charge is 2.04. The molecule has 1 heterocycles. The standard InChI is InChI=1S/C13H17N3O/c1-3-10-7-16-13(17-10)8-15-12-6-9(2)4-5-11(12)14/h4-7,15H,3,8,14H2,1-2H3. The molecule has 0 saturated carbocycles. The number of nitrogen functional groups attached to an aromatic ring is 1. The van der Waals surface area contributed by atoms with Crippen molar-refractivity contribution in [3.63, 3.8) is 0 Å². The van der Waals surface area contributed by atoms with Gasteiger partial charge < -0.3 is 15.5 Å². The number of aryl methyl sites for hydroxylation is 2. The van der Waals surface area contributed by atoms with Crippen LogP contribution in [0, 0.1) is 6.92 Å². The van der Waals surface area contributed by atoms with Gasteiger partial charge in [0.1, 0.15) is 5.76 Å². The lowest BCUT2D eigenvalue weighted by molar-refractivity contribution is 0.466. The van der Waals surface area contributed by atoms with E-state index in [2.05, 4.69) is 10.3 Å². The van der Waals surface area contributed by atoms with Gasteiger partial charge in [-0.3, -0.25) is 0 Å². The molecule has 0 bridgehead atoms. The average Bonchev–Trinajstić information content (AvgIpc) is 2.78. The minimum atomic E-state index is 0.549. The van der Waals surface area contributed by atoms with E-state index in [0.29, 0.717) is 12.4 Å². The van der Waals surface area contributed by atoms with Crippen molar-refractivity contribution >= 4 is 11.4 Å². The molecule has 2 aromatic rings. The van der Waals surface area contributed by atoms with Crippen LogP contribution in [-0.4, -0.2) is 4.98 Å². The zero-order chi connectivity index (χ0) is 12.3. The molecule has 0 aliphatic carbocycles. The number of anilines is 2. The highest BCUT2D eigenvalue weighted by atomic mass is 16.4. The molecule has 0 fully saturated rings.